The van der Waals surface area contributed by atoms with Gasteiger partial charge in [-0.3, -0.25) is 0 Å². The minimum absolute atomic E-state index is 0.594. The summed E-state index contributed by atoms with van der Waals surface area (Å²) >= 11 is 12.4. The van der Waals surface area contributed by atoms with Crippen molar-refractivity contribution in [3.05, 3.63) is 76.5 Å². The van der Waals surface area contributed by atoms with Crippen molar-refractivity contribution in [3.8, 4) is 22.4 Å². The molecule has 0 aliphatic carbocycles. The number of halogens is 2. The highest BCUT2D eigenvalue weighted by molar-refractivity contribution is 6.42. The van der Waals surface area contributed by atoms with Crippen LogP contribution in [-0.2, 0) is 13.0 Å². The summed E-state index contributed by atoms with van der Waals surface area (Å²) in [6.45, 7) is 1.03. The summed E-state index contributed by atoms with van der Waals surface area (Å²) < 4.78 is 4.72. The molecular weight excluding hydrogens is 363 g/mol. The molecule has 1 aliphatic rings. The topological polar surface area (TPSA) is 9.34 Å². The van der Waals surface area contributed by atoms with Crippen molar-refractivity contribution in [1.29, 1.82) is 0 Å². The van der Waals surface area contributed by atoms with Gasteiger partial charge in [-0.1, -0.05) is 59.6 Å². The molecule has 1 aliphatic heterocycles. The zero-order chi connectivity index (χ0) is 17.7. The second-order valence-electron chi connectivity index (χ2n) is 6.87. The van der Waals surface area contributed by atoms with Gasteiger partial charge in [0.05, 0.1) is 15.7 Å². The lowest BCUT2D eigenvalue weighted by Crippen LogP contribution is -1.99. The molecule has 0 atom stereocenters. The number of aryl methyl sites for hydroxylation is 2. The van der Waals surface area contributed by atoms with Crippen LogP contribution in [0.5, 0.6) is 0 Å². The standard InChI is InChI=1S/C22H18Cl2N2/c23-19-10-9-16(12-20(19)24)21-14-25-13-18(15-6-2-1-3-7-15)17-8-4-5-11-26(21)22(17)25/h1-3,6-7,9-10,12-14H,4-5,8,11H2. The Morgan fingerprint density at radius 3 is 2.46 bits per heavy atom. The highest BCUT2D eigenvalue weighted by Crippen LogP contribution is 2.37. The third kappa shape index (κ3) is 2.48. The number of nitrogens with zero attached hydrogens (tertiary/aromatic N) is 2. The number of imidazole rings is 1. The van der Waals surface area contributed by atoms with Gasteiger partial charge in [0.2, 0.25) is 0 Å². The van der Waals surface area contributed by atoms with Crippen molar-refractivity contribution in [2.24, 2.45) is 0 Å². The normalized spacial score (nSPS) is 13.9. The van der Waals surface area contributed by atoms with E-state index in [9.17, 15) is 0 Å². The van der Waals surface area contributed by atoms with Crippen LogP contribution in [0.4, 0.5) is 0 Å². The Balaban J connectivity index is 1.74. The molecule has 0 unspecified atom stereocenters. The molecule has 0 radical (unpaired) electrons. The molecule has 5 rings (SSSR count). The van der Waals surface area contributed by atoms with E-state index in [1.54, 1.807) is 0 Å². The summed E-state index contributed by atoms with van der Waals surface area (Å²) in [6.07, 6.45) is 7.99. The third-order valence-electron chi connectivity index (χ3n) is 5.27. The molecule has 0 amide bonds. The van der Waals surface area contributed by atoms with Crippen molar-refractivity contribution in [3.63, 3.8) is 0 Å². The number of benzene rings is 2. The molecule has 0 bridgehead atoms. The van der Waals surface area contributed by atoms with Crippen molar-refractivity contribution < 1.29 is 0 Å². The van der Waals surface area contributed by atoms with Crippen LogP contribution in [0, 0.1) is 0 Å². The van der Waals surface area contributed by atoms with Crippen LogP contribution in [0.1, 0.15) is 18.4 Å². The zero-order valence-electron chi connectivity index (χ0n) is 14.3. The lowest BCUT2D eigenvalue weighted by atomic mass is 10.0. The molecule has 2 aromatic heterocycles. The minimum atomic E-state index is 0.594. The quantitative estimate of drug-likeness (QED) is 0.365. The second-order valence-corrected chi connectivity index (χ2v) is 7.68. The van der Waals surface area contributed by atoms with Gasteiger partial charge >= 0.3 is 0 Å². The number of hydrogen-bond acceptors (Lipinski definition) is 0. The van der Waals surface area contributed by atoms with Crippen LogP contribution >= 0.6 is 23.2 Å². The van der Waals surface area contributed by atoms with Crippen LogP contribution in [0.25, 0.3) is 28.0 Å². The Bertz CT molecular complexity index is 1110. The molecule has 0 fully saturated rings. The Morgan fingerprint density at radius 1 is 0.808 bits per heavy atom. The number of rotatable bonds is 2. The van der Waals surface area contributed by atoms with Crippen LogP contribution in [0.2, 0.25) is 10.0 Å². The van der Waals surface area contributed by atoms with Crippen LogP contribution in [0.15, 0.2) is 60.9 Å². The fourth-order valence-electron chi connectivity index (χ4n) is 4.07. The summed E-state index contributed by atoms with van der Waals surface area (Å²) in [7, 11) is 0. The Morgan fingerprint density at radius 2 is 1.65 bits per heavy atom. The number of hydrogen-bond donors (Lipinski definition) is 0. The minimum Gasteiger partial charge on any atom is -0.325 e. The summed E-state index contributed by atoms with van der Waals surface area (Å²) in [5.74, 6) is 0. The molecule has 0 saturated carbocycles. The third-order valence-corrected chi connectivity index (χ3v) is 6.01. The first kappa shape index (κ1) is 16.0. The Labute approximate surface area is 162 Å². The SMILES string of the molecule is Clc1ccc(-c2cn3cc(-c4ccccc4)c4c3n2CCCC4)cc1Cl. The molecular formula is C22H18Cl2N2. The van der Waals surface area contributed by atoms with E-state index in [2.05, 4.69) is 57.8 Å². The second kappa shape index (κ2) is 6.22. The highest BCUT2D eigenvalue weighted by atomic mass is 35.5. The molecule has 0 spiro atoms. The molecule has 4 aromatic rings. The van der Waals surface area contributed by atoms with E-state index < -0.39 is 0 Å². The Hall–Kier alpha value is -2.16. The predicted molar refractivity (Wildman–Crippen MR) is 109 cm³/mol. The maximum absolute atomic E-state index is 6.27. The van der Waals surface area contributed by atoms with Gasteiger partial charge in [-0.15, -0.1) is 0 Å². The van der Waals surface area contributed by atoms with E-state index in [1.165, 1.54) is 40.9 Å². The van der Waals surface area contributed by atoms with E-state index in [-0.39, 0.29) is 0 Å². The van der Waals surface area contributed by atoms with Gasteiger partial charge in [0.25, 0.3) is 0 Å². The van der Waals surface area contributed by atoms with E-state index in [4.69, 9.17) is 23.2 Å². The molecule has 26 heavy (non-hydrogen) atoms. The molecule has 0 saturated heterocycles. The monoisotopic (exact) mass is 380 g/mol. The van der Waals surface area contributed by atoms with Crippen LogP contribution < -0.4 is 0 Å². The fourth-order valence-corrected chi connectivity index (χ4v) is 4.37. The zero-order valence-corrected chi connectivity index (χ0v) is 15.8. The average Bonchev–Trinajstić information content (AvgIpc) is 3.09. The van der Waals surface area contributed by atoms with Crippen molar-refractivity contribution in [2.45, 2.75) is 25.8 Å². The first-order valence-electron chi connectivity index (χ1n) is 8.96. The maximum atomic E-state index is 6.27. The number of aromatic nitrogens is 2. The van der Waals surface area contributed by atoms with Gasteiger partial charge < -0.3 is 8.97 Å². The van der Waals surface area contributed by atoms with Gasteiger partial charge in [-0.25, -0.2) is 0 Å². The highest BCUT2D eigenvalue weighted by Gasteiger charge is 2.21. The van der Waals surface area contributed by atoms with Crippen molar-refractivity contribution in [1.82, 2.24) is 8.97 Å². The van der Waals surface area contributed by atoms with Crippen LogP contribution in [-0.4, -0.2) is 8.97 Å². The summed E-state index contributed by atoms with van der Waals surface area (Å²) in [6, 6.07) is 16.6. The lowest BCUT2D eigenvalue weighted by Gasteiger charge is -2.09. The summed E-state index contributed by atoms with van der Waals surface area (Å²) in [4.78, 5) is 0. The van der Waals surface area contributed by atoms with Gasteiger partial charge in [-0.2, -0.15) is 0 Å². The van der Waals surface area contributed by atoms with E-state index in [0.717, 1.165) is 18.5 Å². The van der Waals surface area contributed by atoms with E-state index in [0.29, 0.717) is 10.0 Å². The maximum Gasteiger partial charge on any atom is 0.121 e. The predicted octanol–water partition coefficient (Wildman–Crippen LogP) is 6.72. The first-order valence-corrected chi connectivity index (χ1v) is 9.72. The van der Waals surface area contributed by atoms with Crippen molar-refractivity contribution >= 4 is 28.8 Å². The summed E-state index contributed by atoms with van der Waals surface area (Å²) in [5.41, 5.74) is 7.69. The first-order chi connectivity index (χ1) is 12.7. The largest absolute Gasteiger partial charge is 0.325 e. The fraction of sp³-hybridized carbons (Fsp3) is 0.182. The van der Waals surface area contributed by atoms with Gasteiger partial charge in [0.1, 0.15) is 5.65 Å². The van der Waals surface area contributed by atoms with E-state index >= 15 is 0 Å². The lowest BCUT2D eigenvalue weighted by molar-refractivity contribution is 0.647. The van der Waals surface area contributed by atoms with Gasteiger partial charge in [0.15, 0.2) is 0 Å². The molecule has 2 nitrogen and oxygen atoms in total. The summed E-state index contributed by atoms with van der Waals surface area (Å²) in [5, 5.41) is 1.19. The van der Waals surface area contributed by atoms with Gasteiger partial charge in [-0.05, 0) is 37.0 Å². The van der Waals surface area contributed by atoms with E-state index in [1.807, 2.05) is 12.1 Å². The smallest absolute Gasteiger partial charge is 0.121 e. The molecule has 0 N–H and O–H groups in total. The Kier molecular flexibility index (Phi) is 3.84. The average molecular weight is 381 g/mol. The van der Waals surface area contributed by atoms with Crippen molar-refractivity contribution in [2.75, 3.05) is 0 Å². The molecule has 130 valence electrons. The van der Waals surface area contributed by atoms with Crippen LogP contribution in [0.3, 0.4) is 0 Å². The van der Waals surface area contributed by atoms with Gasteiger partial charge in [0, 0.05) is 35.6 Å². The molecule has 3 heterocycles. The molecule has 4 heteroatoms. The molecule has 2 aromatic carbocycles.